The highest BCUT2D eigenvalue weighted by atomic mass is 16.5. The Hall–Kier alpha value is -1.48. The number of aliphatic hydroxyl groups is 1. The Morgan fingerprint density at radius 2 is 2.08 bits per heavy atom. The van der Waals surface area contributed by atoms with Gasteiger partial charge in [-0.15, -0.1) is 0 Å². The van der Waals surface area contributed by atoms with E-state index in [0.717, 1.165) is 42.6 Å². The molecule has 132 valence electrons. The molecule has 3 rings (SSSR count). The van der Waals surface area contributed by atoms with Gasteiger partial charge in [-0.2, -0.15) is 0 Å². The van der Waals surface area contributed by atoms with Crippen molar-refractivity contribution >= 4 is 0 Å². The van der Waals surface area contributed by atoms with Gasteiger partial charge < -0.3 is 14.9 Å². The standard InChI is InChI=1S/C21H30O3/c1-5-15(22)8-7-14-11-18(23)20-16-10-13(2)6-9-17(16)21(3,4)24-19(20)12-14/h10-12,15-17,22-23H,5-9H2,1-4H3. The van der Waals surface area contributed by atoms with Gasteiger partial charge in [0.25, 0.3) is 0 Å². The number of allylic oxidation sites excluding steroid dienone is 2. The van der Waals surface area contributed by atoms with E-state index < -0.39 is 0 Å². The molecule has 0 aromatic heterocycles. The zero-order chi connectivity index (χ0) is 17.5. The molecule has 2 aliphatic rings. The minimum absolute atomic E-state index is 0.229. The Morgan fingerprint density at radius 3 is 2.79 bits per heavy atom. The van der Waals surface area contributed by atoms with Crippen LogP contribution in [0.3, 0.4) is 0 Å². The van der Waals surface area contributed by atoms with Gasteiger partial charge in [0.05, 0.1) is 6.10 Å². The molecule has 1 aliphatic heterocycles. The minimum atomic E-state index is -0.283. The van der Waals surface area contributed by atoms with Crippen molar-refractivity contribution in [2.24, 2.45) is 5.92 Å². The lowest BCUT2D eigenvalue weighted by Crippen LogP contribution is -2.45. The van der Waals surface area contributed by atoms with Crippen molar-refractivity contribution in [2.75, 3.05) is 0 Å². The zero-order valence-electron chi connectivity index (χ0n) is 15.3. The monoisotopic (exact) mass is 330 g/mol. The fourth-order valence-electron chi connectivity index (χ4n) is 4.26. The topological polar surface area (TPSA) is 49.7 Å². The van der Waals surface area contributed by atoms with Crippen molar-refractivity contribution in [3.63, 3.8) is 0 Å². The third kappa shape index (κ3) is 3.19. The molecule has 0 bridgehead atoms. The number of phenols is 1. The number of aromatic hydroxyl groups is 1. The summed E-state index contributed by atoms with van der Waals surface area (Å²) in [6.45, 7) is 8.48. The fourth-order valence-corrected chi connectivity index (χ4v) is 4.26. The summed E-state index contributed by atoms with van der Waals surface area (Å²) in [6.07, 6.45) is 6.46. The van der Waals surface area contributed by atoms with Crippen LogP contribution in [-0.4, -0.2) is 21.9 Å². The summed E-state index contributed by atoms with van der Waals surface area (Å²) in [5, 5.41) is 20.5. The number of fused-ring (bicyclic) bond motifs is 3. The van der Waals surface area contributed by atoms with E-state index in [1.165, 1.54) is 5.57 Å². The van der Waals surface area contributed by atoms with Gasteiger partial charge in [-0.25, -0.2) is 0 Å². The van der Waals surface area contributed by atoms with Crippen molar-refractivity contribution in [1.29, 1.82) is 0 Å². The molecule has 0 spiro atoms. The summed E-state index contributed by atoms with van der Waals surface area (Å²) in [5.74, 6) is 1.78. The first-order chi connectivity index (χ1) is 11.3. The van der Waals surface area contributed by atoms with E-state index in [-0.39, 0.29) is 17.6 Å². The van der Waals surface area contributed by atoms with Gasteiger partial charge in [0.1, 0.15) is 17.1 Å². The minimum Gasteiger partial charge on any atom is -0.507 e. The molecule has 1 aromatic rings. The highest BCUT2D eigenvalue weighted by molar-refractivity contribution is 5.54. The zero-order valence-corrected chi connectivity index (χ0v) is 15.3. The van der Waals surface area contributed by atoms with Gasteiger partial charge in [0.2, 0.25) is 0 Å². The normalized spacial score (nSPS) is 26.0. The molecule has 2 N–H and O–H groups in total. The summed E-state index contributed by atoms with van der Waals surface area (Å²) in [7, 11) is 0. The molecule has 3 nitrogen and oxygen atoms in total. The number of rotatable bonds is 4. The van der Waals surface area contributed by atoms with Crippen LogP contribution >= 0.6 is 0 Å². The summed E-state index contributed by atoms with van der Waals surface area (Å²) in [6, 6.07) is 3.92. The van der Waals surface area contributed by atoms with E-state index in [2.05, 4.69) is 32.9 Å². The van der Waals surface area contributed by atoms with Crippen LogP contribution in [0.15, 0.2) is 23.8 Å². The molecule has 0 amide bonds. The summed E-state index contributed by atoms with van der Waals surface area (Å²) < 4.78 is 6.33. The molecule has 24 heavy (non-hydrogen) atoms. The van der Waals surface area contributed by atoms with Crippen molar-refractivity contribution in [3.05, 3.63) is 34.9 Å². The van der Waals surface area contributed by atoms with E-state index in [0.29, 0.717) is 18.1 Å². The van der Waals surface area contributed by atoms with Crippen LogP contribution in [0.5, 0.6) is 11.5 Å². The predicted octanol–water partition coefficient (Wildman–Crippen LogP) is 4.71. The van der Waals surface area contributed by atoms with Crippen LogP contribution in [-0.2, 0) is 6.42 Å². The molecule has 3 unspecified atom stereocenters. The molecule has 0 radical (unpaired) electrons. The van der Waals surface area contributed by atoms with Crippen molar-refractivity contribution < 1.29 is 14.9 Å². The lowest BCUT2D eigenvalue weighted by atomic mass is 9.68. The van der Waals surface area contributed by atoms with Crippen LogP contribution in [0.1, 0.15) is 70.4 Å². The van der Waals surface area contributed by atoms with Crippen molar-refractivity contribution in [3.8, 4) is 11.5 Å². The first-order valence-electron chi connectivity index (χ1n) is 9.22. The Morgan fingerprint density at radius 1 is 1.33 bits per heavy atom. The number of aryl methyl sites for hydroxylation is 1. The third-order valence-corrected chi connectivity index (χ3v) is 5.76. The molecular formula is C21H30O3. The van der Waals surface area contributed by atoms with Crippen molar-refractivity contribution in [2.45, 2.75) is 77.4 Å². The van der Waals surface area contributed by atoms with Crippen molar-refractivity contribution in [1.82, 2.24) is 0 Å². The highest BCUT2D eigenvalue weighted by Crippen LogP contribution is 2.53. The third-order valence-electron chi connectivity index (χ3n) is 5.76. The average Bonchev–Trinajstić information content (AvgIpc) is 2.51. The number of ether oxygens (including phenoxy) is 1. The van der Waals surface area contributed by atoms with E-state index in [4.69, 9.17) is 4.74 Å². The molecule has 0 saturated heterocycles. The largest absolute Gasteiger partial charge is 0.507 e. The van der Waals surface area contributed by atoms with Crippen LogP contribution in [0.2, 0.25) is 0 Å². The Balaban J connectivity index is 1.97. The number of benzene rings is 1. The lowest BCUT2D eigenvalue weighted by Gasteiger charge is -2.46. The molecule has 1 aromatic carbocycles. The Bertz CT molecular complexity index is 645. The van der Waals surface area contributed by atoms with Gasteiger partial charge in [-0.05, 0) is 70.6 Å². The second kappa shape index (κ2) is 6.44. The SMILES string of the molecule is CCC(O)CCc1cc(O)c2c(c1)OC(C)(C)C1CCC(C)=CC21. The van der Waals surface area contributed by atoms with Gasteiger partial charge in [-0.1, -0.05) is 18.6 Å². The molecule has 1 aliphatic carbocycles. The summed E-state index contributed by atoms with van der Waals surface area (Å²) >= 11 is 0. The molecule has 3 atom stereocenters. The Kier molecular flexibility index (Phi) is 4.65. The quantitative estimate of drug-likeness (QED) is 0.786. The summed E-state index contributed by atoms with van der Waals surface area (Å²) in [5.41, 5.74) is 3.14. The Labute approximate surface area is 145 Å². The van der Waals surface area contributed by atoms with E-state index in [1.807, 2.05) is 13.0 Å². The van der Waals surface area contributed by atoms with Crippen LogP contribution < -0.4 is 4.74 Å². The van der Waals surface area contributed by atoms with E-state index >= 15 is 0 Å². The highest BCUT2D eigenvalue weighted by Gasteiger charge is 2.45. The first kappa shape index (κ1) is 17.3. The van der Waals surface area contributed by atoms with E-state index in [9.17, 15) is 10.2 Å². The lowest BCUT2D eigenvalue weighted by molar-refractivity contribution is 0.0107. The first-order valence-corrected chi connectivity index (χ1v) is 9.22. The molecule has 0 saturated carbocycles. The predicted molar refractivity (Wildman–Crippen MR) is 96.7 cm³/mol. The maximum atomic E-state index is 10.7. The van der Waals surface area contributed by atoms with Gasteiger partial charge in [0.15, 0.2) is 0 Å². The van der Waals surface area contributed by atoms with Gasteiger partial charge in [-0.3, -0.25) is 0 Å². The second-order valence-electron chi connectivity index (χ2n) is 8.02. The maximum Gasteiger partial charge on any atom is 0.127 e. The summed E-state index contributed by atoms with van der Waals surface area (Å²) in [4.78, 5) is 0. The molecule has 0 fully saturated rings. The van der Waals surface area contributed by atoms with Crippen LogP contribution in [0, 0.1) is 5.92 Å². The number of hydrogen-bond acceptors (Lipinski definition) is 3. The number of aliphatic hydroxyl groups excluding tert-OH is 1. The molecular weight excluding hydrogens is 300 g/mol. The van der Waals surface area contributed by atoms with Crippen LogP contribution in [0.25, 0.3) is 0 Å². The smallest absolute Gasteiger partial charge is 0.127 e. The number of hydrogen-bond donors (Lipinski definition) is 2. The fraction of sp³-hybridized carbons (Fsp3) is 0.619. The molecule has 3 heteroatoms. The van der Waals surface area contributed by atoms with Crippen LogP contribution in [0.4, 0.5) is 0 Å². The number of phenolic OH excluding ortho intramolecular Hbond substituents is 1. The maximum absolute atomic E-state index is 10.7. The average molecular weight is 330 g/mol. The second-order valence-corrected chi connectivity index (χ2v) is 8.02. The van der Waals surface area contributed by atoms with Gasteiger partial charge in [0, 0.05) is 17.4 Å². The van der Waals surface area contributed by atoms with Gasteiger partial charge >= 0.3 is 0 Å². The molecule has 1 heterocycles. The van der Waals surface area contributed by atoms with E-state index in [1.54, 1.807) is 0 Å².